The number of halogens is 2. The average molecular weight is 521 g/mol. The van der Waals surface area contributed by atoms with Crippen molar-refractivity contribution in [2.45, 2.75) is 32.1 Å². The number of carbonyl (C=O) groups is 2. The second-order valence-electron chi connectivity index (χ2n) is 7.55. The zero-order chi connectivity index (χ0) is 21.9. The molecule has 0 radical (unpaired) electrons. The van der Waals surface area contributed by atoms with Crippen molar-refractivity contribution in [3.8, 4) is 11.4 Å². The number of ether oxygens (including phenoxy) is 2. The summed E-state index contributed by atoms with van der Waals surface area (Å²) in [6.45, 7) is 1.49. The lowest BCUT2D eigenvalue weighted by Crippen LogP contribution is -2.48. The Hall–Kier alpha value is -2.75. The molecule has 2 aliphatic heterocycles. The Morgan fingerprint density at radius 1 is 1.34 bits per heavy atom. The van der Waals surface area contributed by atoms with Gasteiger partial charge in [0.1, 0.15) is 6.61 Å². The summed E-state index contributed by atoms with van der Waals surface area (Å²) in [6, 6.07) is 9.47. The van der Waals surface area contributed by atoms with Crippen LogP contribution in [0.5, 0.6) is 0 Å². The van der Waals surface area contributed by atoms with Crippen LogP contribution in [-0.2, 0) is 37.8 Å². The van der Waals surface area contributed by atoms with Crippen LogP contribution in [0.1, 0.15) is 30.0 Å². The molecule has 1 atom stereocenters. The third kappa shape index (κ3) is 3.07. The number of nitrogens with two attached hydrogens (primary N) is 1. The lowest BCUT2D eigenvalue weighted by atomic mass is 9.85. The van der Waals surface area contributed by atoms with Crippen molar-refractivity contribution < 1.29 is 19.1 Å². The van der Waals surface area contributed by atoms with Gasteiger partial charge in [-0.1, -0.05) is 28.9 Å². The van der Waals surface area contributed by atoms with E-state index in [1.165, 1.54) is 0 Å². The number of cyclic esters (lactones) is 1. The highest BCUT2D eigenvalue weighted by Gasteiger charge is 2.50. The van der Waals surface area contributed by atoms with E-state index in [0.29, 0.717) is 29.1 Å². The van der Waals surface area contributed by atoms with Gasteiger partial charge in [-0.15, -0.1) is 12.4 Å². The van der Waals surface area contributed by atoms with Crippen LogP contribution in [0.15, 0.2) is 39.6 Å². The van der Waals surface area contributed by atoms with Crippen molar-refractivity contribution in [1.82, 2.24) is 9.55 Å². The first-order valence-electron chi connectivity index (χ1n) is 9.84. The number of nitrogens with zero attached hydrogens (tertiary/aromatic N) is 2. The highest BCUT2D eigenvalue weighted by atomic mass is 79.9. The van der Waals surface area contributed by atoms with E-state index in [1.807, 2.05) is 24.3 Å². The van der Waals surface area contributed by atoms with Crippen LogP contribution < -0.4 is 11.3 Å². The lowest BCUT2D eigenvalue weighted by molar-refractivity contribution is -0.188. The van der Waals surface area contributed by atoms with Crippen molar-refractivity contribution >= 4 is 51.2 Å². The van der Waals surface area contributed by atoms with Crippen molar-refractivity contribution in [2.75, 3.05) is 6.54 Å². The van der Waals surface area contributed by atoms with Crippen LogP contribution in [0.4, 0.5) is 0 Å². The number of aromatic nitrogens is 2. The smallest absolute Gasteiger partial charge is 0.355 e. The minimum absolute atomic E-state index is 0. The Labute approximate surface area is 197 Å². The Morgan fingerprint density at radius 2 is 2.12 bits per heavy atom. The summed E-state index contributed by atoms with van der Waals surface area (Å²) in [6.07, 6.45) is 0.110. The van der Waals surface area contributed by atoms with Gasteiger partial charge >= 0.3 is 11.9 Å². The molecule has 32 heavy (non-hydrogen) atoms. The number of fused-ring (bicyclic) bond motifs is 5. The third-order valence-electron chi connectivity index (χ3n) is 5.92. The summed E-state index contributed by atoms with van der Waals surface area (Å²) in [4.78, 5) is 43.0. The number of pyridine rings is 2. The van der Waals surface area contributed by atoms with Gasteiger partial charge < -0.3 is 19.8 Å². The zero-order valence-electron chi connectivity index (χ0n) is 17.0. The molecule has 5 rings (SSSR count). The molecule has 0 fully saturated rings. The first-order chi connectivity index (χ1) is 14.9. The predicted octanol–water partition coefficient (Wildman–Crippen LogP) is 2.77. The molecule has 10 heteroatoms. The first-order valence-corrected chi connectivity index (χ1v) is 10.6. The van der Waals surface area contributed by atoms with Crippen molar-refractivity contribution in [2.24, 2.45) is 5.73 Å². The summed E-state index contributed by atoms with van der Waals surface area (Å²) in [5.41, 5.74) is 6.98. The number of hydrogen-bond donors (Lipinski definition) is 1. The highest BCUT2D eigenvalue weighted by Crippen LogP contribution is 2.41. The zero-order valence-corrected chi connectivity index (χ0v) is 19.4. The monoisotopic (exact) mass is 519 g/mol. The molecule has 1 aromatic carbocycles. The first kappa shape index (κ1) is 22.4. The van der Waals surface area contributed by atoms with Gasteiger partial charge in [-0.3, -0.25) is 9.59 Å². The van der Waals surface area contributed by atoms with Gasteiger partial charge in [0.15, 0.2) is 0 Å². The number of rotatable bonds is 3. The van der Waals surface area contributed by atoms with E-state index >= 15 is 0 Å². The molecule has 0 amide bonds. The molecule has 3 aromatic rings. The van der Waals surface area contributed by atoms with Gasteiger partial charge in [0, 0.05) is 21.0 Å². The molecule has 2 aromatic heterocycles. The van der Waals surface area contributed by atoms with Crippen molar-refractivity contribution in [3.05, 3.63) is 61.8 Å². The van der Waals surface area contributed by atoms with E-state index in [4.69, 9.17) is 20.2 Å². The van der Waals surface area contributed by atoms with Gasteiger partial charge in [0.25, 0.3) is 5.56 Å². The van der Waals surface area contributed by atoms with Crippen LogP contribution in [0, 0.1) is 0 Å². The molecule has 2 N–H and O–H groups in total. The maximum atomic E-state index is 13.4. The quantitative estimate of drug-likeness (QED) is 0.413. The molecule has 166 valence electrons. The Balaban J connectivity index is 0.00000245. The van der Waals surface area contributed by atoms with Gasteiger partial charge in [0.2, 0.25) is 5.60 Å². The average Bonchev–Trinajstić information content (AvgIpc) is 3.13. The van der Waals surface area contributed by atoms with Crippen LogP contribution in [0.3, 0.4) is 0 Å². The largest absolute Gasteiger partial charge is 0.457 e. The second-order valence-corrected chi connectivity index (χ2v) is 8.40. The minimum Gasteiger partial charge on any atom is -0.457 e. The summed E-state index contributed by atoms with van der Waals surface area (Å²) in [5.74, 6) is -1.45. The molecule has 0 bridgehead atoms. The van der Waals surface area contributed by atoms with E-state index in [0.717, 1.165) is 20.9 Å². The Kier molecular flexibility index (Phi) is 5.60. The molecule has 0 spiro atoms. The maximum Gasteiger partial charge on any atom is 0.355 e. The standard InChI is InChI=1S/C22H18BrN3O5.ClH/c1-2-22(31-18(27)8-24)14-7-17-19-11(6-12-15(23)4-3-5-16(12)25-19)9-26(17)20(28)13(14)10-30-21(22)29;/h3-7H,2,8-10,24H2,1H3;1H/t22-;/m0./s1. The summed E-state index contributed by atoms with van der Waals surface area (Å²) in [7, 11) is 0. The van der Waals surface area contributed by atoms with E-state index in [1.54, 1.807) is 17.6 Å². The van der Waals surface area contributed by atoms with Crippen molar-refractivity contribution in [3.63, 3.8) is 0 Å². The number of carbonyl (C=O) groups excluding carboxylic acids is 2. The second kappa shape index (κ2) is 7.99. The SMILES string of the molecule is CC[C@@]1(OC(=O)CN)C(=O)OCc2c1cc1n(c2=O)Cc2cc3c(Br)cccc3nc2-1.Cl. The molecule has 0 aliphatic carbocycles. The fourth-order valence-corrected chi connectivity index (χ4v) is 4.83. The number of esters is 2. The van der Waals surface area contributed by atoms with E-state index in [2.05, 4.69) is 15.9 Å². The maximum absolute atomic E-state index is 13.4. The van der Waals surface area contributed by atoms with E-state index < -0.39 is 17.5 Å². The van der Waals surface area contributed by atoms with Crippen LogP contribution in [0.2, 0.25) is 0 Å². The third-order valence-corrected chi connectivity index (χ3v) is 6.61. The minimum atomic E-state index is -1.71. The Morgan fingerprint density at radius 3 is 2.84 bits per heavy atom. The lowest BCUT2D eigenvalue weighted by Gasteiger charge is -2.35. The highest BCUT2D eigenvalue weighted by molar-refractivity contribution is 9.10. The van der Waals surface area contributed by atoms with Crippen molar-refractivity contribution in [1.29, 1.82) is 0 Å². The van der Waals surface area contributed by atoms with Gasteiger partial charge in [-0.2, -0.15) is 0 Å². The van der Waals surface area contributed by atoms with Crippen LogP contribution in [-0.4, -0.2) is 28.0 Å². The molecule has 0 saturated carbocycles. The molecule has 0 unspecified atom stereocenters. The fraction of sp³-hybridized carbons (Fsp3) is 0.273. The molecular weight excluding hydrogens is 502 g/mol. The number of benzene rings is 1. The molecule has 0 saturated heterocycles. The van der Waals surface area contributed by atoms with Crippen LogP contribution in [0.25, 0.3) is 22.3 Å². The molecule has 8 nitrogen and oxygen atoms in total. The molecule has 4 heterocycles. The Bertz CT molecular complexity index is 1360. The van der Waals surface area contributed by atoms with E-state index in [9.17, 15) is 14.4 Å². The topological polar surface area (TPSA) is 114 Å². The molecular formula is C22H19BrClN3O5. The fourth-order valence-electron chi connectivity index (χ4n) is 4.36. The summed E-state index contributed by atoms with van der Waals surface area (Å²) >= 11 is 3.55. The summed E-state index contributed by atoms with van der Waals surface area (Å²) in [5, 5.41) is 0.949. The van der Waals surface area contributed by atoms with Gasteiger partial charge in [-0.05, 0) is 30.7 Å². The van der Waals surface area contributed by atoms with Gasteiger partial charge in [-0.25, -0.2) is 9.78 Å². The van der Waals surface area contributed by atoms with E-state index in [-0.39, 0.29) is 37.5 Å². The summed E-state index contributed by atoms with van der Waals surface area (Å²) < 4.78 is 13.3. The molecule has 2 aliphatic rings. The number of hydrogen-bond acceptors (Lipinski definition) is 7. The van der Waals surface area contributed by atoms with Crippen LogP contribution >= 0.6 is 28.3 Å². The predicted molar refractivity (Wildman–Crippen MR) is 122 cm³/mol. The van der Waals surface area contributed by atoms with Gasteiger partial charge in [0.05, 0.1) is 35.6 Å². The normalized spacial score (nSPS) is 18.3.